The molecular formula is C22H26N2O4. The first kappa shape index (κ1) is 20.1. The number of hydrogen-bond donors (Lipinski definition) is 0. The lowest BCUT2D eigenvalue weighted by atomic mass is 9.73. The standard InChI is InChI=1S/C22H26N2O4/c1-7-14-9-10-15(27-17-11-8-13(2)23-24-17)12-16(14)18-19(25)21(3,4)28-22(5,6)20(18)26/h8-12,18H,7H2,1-6H3. The Morgan fingerprint density at radius 2 is 1.64 bits per heavy atom. The lowest BCUT2D eigenvalue weighted by Gasteiger charge is -2.43. The molecule has 0 N–H and O–H groups in total. The van der Waals surface area contributed by atoms with Crippen LogP contribution in [0.3, 0.4) is 0 Å². The van der Waals surface area contributed by atoms with Gasteiger partial charge >= 0.3 is 0 Å². The first-order chi connectivity index (χ1) is 13.0. The summed E-state index contributed by atoms with van der Waals surface area (Å²) in [5, 5.41) is 7.99. The third-order valence-electron chi connectivity index (χ3n) is 5.03. The van der Waals surface area contributed by atoms with Crippen LogP contribution in [0.2, 0.25) is 0 Å². The van der Waals surface area contributed by atoms with Crippen LogP contribution in [0.15, 0.2) is 30.3 Å². The zero-order valence-corrected chi connectivity index (χ0v) is 17.2. The van der Waals surface area contributed by atoms with E-state index in [1.54, 1.807) is 45.9 Å². The highest BCUT2D eigenvalue weighted by Crippen LogP contribution is 2.40. The Kier molecular flexibility index (Phi) is 5.10. The Hall–Kier alpha value is -2.60. The van der Waals surface area contributed by atoms with Crippen LogP contribution in [-0.2, 0) is 20.7 Å². The van der Waals surface area contributed by atoms with Gasteiger partial charge in [-0.2, -0.15) is 5.10 Å². The van der Waals surface area contributed by atoms with E-state index in [9.17, 15) is 9.59 Å². The molecule has 1 fully saturated rings. The number of ketones is 2. The van der Waals surface area contributed by atoms with Crippen molar-refractivity contribution in [1.29, 1.82) is 0 Å². The van der Waals surface area contributed by atoms with Gasteiger partial charge in [0.15, 0.2) is 11.6 Å². The minimum Gasteiger partial charge on any atom is -0.438 e. The Balaban J connectivity index is 2.05. The fourth-order valence-electron chi connectivity index (χ4n) is 3.62. The third kappa shape index (κ3) is 3.69. The number of aromatic nitrogens is 2. The van der Waals surface area contributed by atoms with Gasteiger partial charge in [0.1, 0.15) is 22.9 Å². The molecular weight excluding hydrogens is 356 g/mol. The van der Waals surface area contributed by atoms with Gasteiger partial charge in [-0.25, -0.2) is 0 Å². The quantitative estimate of drug-likeness (QED) is 0.745. The van der Waals surface area contributed by atoms with Crippen molar-refractivity contribution in [2.45, 2.75) is 65.1 Å². The van der Waals surface area contributed by atoms with Gasteiger partial charge < -0.3 is 9.47 Å². The van der Waals surface area contributed by atoms with Crippen LogP contribution in [0.1, 0.15) is 57.4 Å². The van der Waals surface area contributed by atoms with Crippen molar-refractivity contribution in [2.24, 2.45) is 0 Å². The van der Waals surface area contributed by atoms with Gasteiger partial charge in [-0.05, 0) is 70.4 Å². The summed E-state index contributed by atoms with van der Waals surface area (Å²) in [5.74, 6) is -0.502. The lowest BCUT2D eigenvalue weighted by Crippen LogP contribution is -2.58. The van der Waals surface area contributed by atoms with Crippen molar-refractivity contribution < 1.29 is 19.1 Å². The molecule has 1 aromatic carbocycles. The van der Waals surface area contributed by atoms with E-state index in [0.29, 0.717) is 23.6 Å². The maximum Gasteiger partial charge on any atom is 0.238 e. The van der Waals surface area contributed by atoms with Gasteiger partial charge in [0, 0.05) is 6.07 Å². The fraction of sp³-hybridized carbons (Fsp3) is 0.455. The van der Waals surface area contributed by atoms with Crippen LogP contribution in [0.5, 0.6) is 11.6 Å². The SMILES string of the molecule is CCc1ccc(Oc2ccc(C)nn2)cc1C1C(=O)C(C)(C)OC(C)(C)C1=O. The van der Waals surface area contributed by atoms with Gasteiger partial charge in [-0.3, -0.25) is 9.59 Å². The molecule has 0 bridgehead atoms. The summed E-state index contributed by atoms with van der Waals surface area (Å²) in [4.78, 5) is 26.2. The van der Waals surface area contributed by atoms with E-state index in [1.807, 2.05) is 26.0 Å². The van der Waals surface area contributed by atoms with E-state index in [4.69, 9.17) is 9.47 Å². The maximum absolute atomic E-state index is 13.1. The van der Waals surface area contributed by atoms with Crippen molar-refractivity contribution >= 4 is 11.6 Å². The molecule has 1 aliphatic heterocycles. The predicted molar refractivity (Wildman–Crippen MR) is 105 cm³/mol. The number of ether oxygens (including phenoxy) is 2. The van der Waals surface area contributed by atoms with Gasteiger partial charge in [-0.15, -0.1) is 5.10 Å². The molecule has 1 aliphatic rings. The molecule has 0 aliphatic carbocycles. The minimum absolute atomic E-state index is 0.237. The summed E-state index contributed by atoms with van der Waals surface area (Å²) < 4.78 is 11.6. The monoisotopic (exact) mass is 382 g/mol. The number of rotatable bonds is 4. The summed E-state index contributed by atoms with van der Waals surface area (Å²) in [6.45, 7) is 10.7. The highest BCUT2D eigenvalue weighted by atomic mass is 16.5. The highest BCUT2D eigenvalue weighted by Gasteiger charge is 2.53. The number of benzene rings is 1. The van der Waals surface area contributed by atoms with Gasteiger partial charge in [0.05, 0.1) is 5.69 Å². The molecule has 6 nitrogen and oxygen atoms in total. The largest absolute Gasteiger partial charge is 0.438 e. The number of carbonyl (C=O) groups is 2. The van der Waals surface area contributed by atoms with Crippen LogP contribution in [0.4, 0.5) is 0 Å². The Morgan fingerprint density at radius 1 is 1.00 bits per heavy atom. The molecule has 1 aromatic heterocycles. The average Bonchev–Trinajstić information content (AvgIpc) is 2.62. The summed E-state index contributed by atoms with van der Waals surface area (Å²) in [6, 6.07) is 9.00. The summed E-state index contributed by atoms with van der Waals surface area (Å²) >= 11 is 0. The van der Waals surface area contributed by atoms with Crippen LogP contribution < -0.4 is 4.74 Å². The topological polar surface area (TPSA) is 78.4 Å². The van der Waals surface area contributed by atoms with Crippen molar-refractivity contribution in [1.82, 2.24) is 10.2 Å². The van der Waals surface area contributed by atoms with Crippen molar-refractivity contribution in [3.8, 4) is 11.6 Å². The molecule has 0 radical (unpaired) electrons. The number of Topliss-reactive ketones (excluding diaryl/α,β-unsaturated/α-hetero) is 2. The summed E-state index contributed by atoms with van der Waals surface area (Å²) in [6.07, 6.45) is 0.693. The second kappa shape index (κ2) is 7.09. The van der Waals surface area contributed by atoms with E-state index in [2.05, 4.69) is 10.2 Å². The molecule has 28 heavy (non-hydrogen) atoms. The smallest absolute Gasteiger partial charge is 0.238 e. The number of carbonyl (C=O) groups excluding carboxylic acids is 2. The van der Waals surface area contributed by atoms with Gasteiger partial charge in [0.25, 0.3) is 0 Å². The summed E-state index contributed by atoms with van der Waals surface area (Å²) in [7, 11) is 0. The molecule has 1 saturated heterocycles. The Bertz CT molecular complexity index is 891. The van der Waals surface area contributed by atoms with E-state index in [-0.39, 0.29) is 11.6 Å². The van der Waals surface area contributed by atoms with Crippen molar-refractivity contribution in [3.63, 3.8) is 0 Å². The van der Waals surface area contributed by atoms with Crippen LogP contribution >= 0.6 is 0 Å². The van der Waals surface area contributed by atoms with E-state index < -0.39 is 17.1 Å². The second-order valence-electron chi connectivity index (χ2n) is 8.11. The van der Waals surface area contributed by atoms with Crippen LogP contribution in [0.25, 0.3) is 0 Å². The minimum atomic E-state index is -1.05. The van der Waals surface area contributed by atoms with E-state index in [0.717, 1.165) is 11.3 Å². The maximum atomic E-state index is 13.1. The van der Waals surface area contributed by atoms with Gasteiger partial charge in [0.2, 0.25) is 5.88 Å². The molecule has 3 rings (SSSR count). The zero-order valence-electron chi connectivity index (χ0n) is 17.2. The molecule has 0 saturated carbocycles. The lowest BCUT2D eigenvalue weighted by molar-refractivity contribution is -0.184. The normalized spacial score (nSPS) is 18.9. The second-order valence-corrected chi connectivity index (χ2v) is 8.11. The fourth-order valence-corrected chi connectivity index (χ4v) is 3.62. The Morgan fingerprint density at radius 3 is 2.18 bits per heavy atom. The van der Waals surface area contributed by atoms with Gasteiger partial charge in [-0.1, -0.05) is 13.0 Å². The van der Waals surface area contributed by atoms with E-state index in [1.165, 1.54) is 0 Å². The molecule has 0 atom stereocenters. The highest BCUT2D eigenvalue weighted by molar-refractivity contribution is 6.15. The van der Waals surface area contributed by atoms with E-state index >= 15 is 0 Å². The predicted octanol–water partition coefficient (Wildman–Crippen LogP) is 3.95. The molecule has 148 valence electrons. The van der Waals surface area contributed by atoms with Crippen molar-refractivity contribution in [2.75, 3.05) is 0 Å². The molecule has 2 aromatic rings. The summed E-state index contributed by atoms with van der Waals surface area (Å²) in [5.41, 5.74) is 0.290. The van der Waals surface area contributed by atoms with Crippen LogP contribution in [0, 0.1) is 6.92 Å². The Labute approximate surface area is 165 Å². The first-order valence-electron chi connectivity index (χ1n) is 9.45. The molecule has 0 amide bonds. The zero-order chi connectivity index (χ0) is 20.7. The molecule has 0 spiro atoms. The molecule has 0 unspecified atom stereocenters. The molecule has 2 heterocycles. The average molecular weight is 382 g/mol. The van der Waals surface area contributed by atoms with Crippen molar-refractivity contribution in [3.05, 3.63) is 47.2 Å². The number of aryl methyl sites for hydroxylation is 2. The number of hydrogen-bond acceptors (Lipinski definition) is 6. The first-order valence-corrected chi connectivity index (χ1v) is 9.45. The van der Waals surface area contributed by atoms with Crippen LogP contribution in [-0.4, -0.2) is 33.0 Å². The third-order valence-corrected chi connectivity index (χ3v) is 5.03. The molecule has 6 heteroatoms. The number of nitrogens with zero attached hydrogens (tertiary/aromatic N) is 2.